The normalized spacial score (nSPS) is 11.3. The Bertz CT molecular complexity index is 1070. The topological polar surface area (TPSA) is 70.8 Å². The molecular weight excluding hydrogens is 406 g/mol. The quantitative estimate of drug-likeness (QED) is 0.237. The summed E-state index contributed by atoms with van der Waals surface area (Å²) in [7, 11) is 0. The minimum absolute atomic E-state index is 0.196. The van der Waals surface area contributed by atoms with Gasteiger partial charge in [0.05, 0.1) is 25.5 Å². The summed E-state index contributed by atoms with van der Waals surface area (Å²) in [6, 6.07) is 15.5. The van der Waals surface area contributed by atoms with Gasteiger partial charge in [-0.2, -0.15) is 0 Å². The van der Waals surface area contributed by atoms with Crippen molar-refractivity contribution in [1.82, 2.24) is 4.98 Å². The van der Waals surface area contributed by atoms with Gasteiger partial charge in [-0.15, -0.1) is 0 Å². The minimum atomic E-state index is -0.466. The fourth-order valence-corrected chi connectivity index (χ4v) is 3.19. The third kappa shape index (κ3) is 6.00. The second kappa shape index (κ2) is 11.2. The van der Waals surface area contributed by atoms with Crippen LogP contribution in [0, 0.1) is 13.8 Å². The van der Waals surface area contributed by atoms with Crippen LogP contribution >= 0.6 is 0 Å². The van der Waals surface area contributed by atoms with E-state index in [0.717, 1.165) is 33.9 Å². The average Bonchev–Trinajstić information content (AvgIpc) is 3.16. The van der Waals surface area contributed by atoms with E-state index < -0.39 is 5.97 Å². The average molecular weight is 436 g/mol. The summed E-state index contributed by atoms with van der Waals surface area (Å²) in [4.78, 5) is 16.7. The summed E-state index contributed by atoms with van der Waals surface area (Å²) in [6.45, 7) is 8.63. The Morgan fingerprint density at radius 3 is 2.47 bits per heavy atom. The van der Waals surface area contributed by atoms with Crippen molar-refractivity contribution in [3.8, 4) is 17.2 Å². The highest BCUT2D eigenvalue weighted by Crippen LogP contribution is 2.23. The predicted octanol–water partition coefficient (Wildman–Crippen LogP) is 5.52. The molecule has 1 aromatic heterocycles. The molecule has 0 atom stereocenters. The molecule has 1 heterocycles. The fraction of sp³-hybridized carbons (Fsp3) is 0.308. The Hall–Kier alpha value is -3.54. The number of carbonyl (C=O) groups is 1. The summed E-state index contributed by atoms with van der Waals surface area (Å²) < 4.78 is 22.2. The van der Waals surface area contributed by atoms with Crippen LogP contribution in [0.2, 0.25) is 0 Å². The second-order valence-electron chi connectivity index (χ2n) is 7.17. The largest absolute Gasteiger partial charge is 0.493 e. The maximum absolute atomic E-state index is 12.1. The third-order valence-electron chi connectivity index (χ3n) is 4.83. The van der Waals surface area contributed by atoms with E-state index in [0.29, 0.717) is 32.1 Å². The molecular formula is C26H29NO5. The number of carbonyl (C=O) groups excluding carboxylic acids is 1. The SMILES string of the molecule is CCOC(=O)/C(=C\c1ccc(OCCc2nc(-c3ccccc3)oc2C)cc1C)OCC. The standard InChI is InChI=1S/C26H29NO5/c1-5-29-24(26(28)30-6-2)17-21-12-13-22(16-18(21)3)31-15-14-23-19(4)32-25(27-23)20-10-8-7-9-11-20/h7-13,16-17H,5-6,14-15H2,1-4H3/b24-17+. The summed E-state index contributed by atoms with van der Waals surface area (Å²) in [6.07, 6.45) is 2.34. The van der Waals surface area contributed by atoms with E-state index in [4.69, 9.17) is 18.6 Å². The molecule has 0 aliphatic carbocycles. The number of ether oxygens (including phenoxy) is 3. The highest BCUT2D eigenvalue weighted by Gasteiger charge is 2.13. The number of esters is 1. The van der Waals surface area contributed by atoms with Gasteiger partial charge in [0.15, 0.2) is 0 Å². The van der Waals surface area contributed by atoms with Crippen molar-refractivity contribution in [3.63, 3.8) is 0 Å². The monoisotopic (exact) mass is 435 g/mol. The number of rotatable bonds is 10. The van der Waals surface area contributed by atoms with Crippen molar-refractivity contribution in [2.75, 3.05) is 19.8 Å². The molecule has 0 spiro atoms. The van der Waals surface area contributed by atoms with Gasteiger partial charge in [0.25, 0.3) is 0 Å². The van der Waals surface area contributed by atoms with Crippen LogP contribution in [0.25, 0.3) is 17.5 Å². The number of benzene rings is 2. The molecule has 0 aliphatic heterocycles. The van der Waals surface area contributed by atoms with E-state index in [1.807, 2.05) is 69.3 Å². The molecule has 32 heavy (non-hydrogen) atoms. The summed E-state index contributed by atoms with van der Waals surface area (Å²) in [5.74, 6) is 1.90. The van der Waals surface area contributed by atoms with Crippen LogP contribution in [0.15, 0.2) is 58.7 Å². The van der Waals surface area contributed by atoms with Crippen molar-refractivity contribution >= 4 is 12.0 Å². The van der Waals surface area contributed by atoms with E-state index in [-0.39, 0.29) is 5.76 Å². The molecule has 0 unspecified atom stereocenters. The lowest BCUT2D eigenvalue weighted by atomic mass is 10.1. The van der Waals surface area contributed by atoms with Crippen LogP contribution in [0.1, 0.15) is 36.4 Å². The van der Waals surface area contributed by atoms with Gasteiger partial charge in [0, 0.05) is 12.0 Å². The van der Waals surface area contributed by atoms with Gasteiger partial charge >= 0.3 is 5.97 Å². The molecule has 0 amide bonds. The molecule has 2 aromatic carbocycles. The lowest BCUT2D eigenvalue weighted by molar-refractivity contribution is -0.142. The molecule has 168 valence electrons. The van der Waals surface area contributed by atoms with Gasteiger partial charge in [-0.1, -0.05) is 24.3 Å². The van der Waals surface area contributed by atoms with Gasteiger partial charge in [0.1, 0.15) is 11.5 Å². The van der Waals surface area contributed by atoms with Crippen LogP contribution < -0.4 is 4.74 Å². The summed E-state index contributed by atoms with van der Waals surface area (Å²) in [5.41, 5.74) is 3.67. The summed E-state index contributed by atoms with van der Waals surface area (Å²) >= 11 is 0. The summed E-state index contributed by atoms with van der Waals surface area (Å²) in [5, 5.41) is 0. The Kier molecular flexibility index (Phi) is 8.08. The molecule has 6 heteroatoms. The minimum Gasteiger partial charge on any atom is -0.493 e. The zero-order valence-corrected chi connectivity index (χ0v) is 19.0. The van der Waals surface area contributed by atoms with Crippen molar-refractivity contribution in [2.45, 2.75) is 34.1 Å². The smallest absolute Gasteiger partial charge is 0.373 e. The maximum atomic E-state index is 12.1. The van der Waals surface area contributed by atoms with Crippen molar-refractivity contribution < 1.29 is 23.4 Å². The molecule has 3 rings (SSSR count). The number of aryl methyl sites for hydroxylation is 2. The lowest BCUT2D eigenvalue weighted by Gasteiger charge is -2.10. The van der Waals surface area contributed by atoms with E-state index in [1.165, 1.54) is 0 Å². The van der Waals surface area contributed by atoms with Crippen LogP contribution in [0.4, 0.5) is 0 Å². The zero-order chi connectivity index (χ0) is 22.9. The van der Waals surface area contributed by atoms with Gasteiger partial charge in [0.2, 0.25) is 11.6 Å². The maximum Gasteiger partial charge on any atom is 0.373 e. The molecule has 0 saturated carbocycles. The van der Waals surface area contributed by atoms with Crippen LogP contribution in [-0.2, 0) is 20.7 Å². The van der Waals surface area contributed by atoms with Crippen LogP contribution in [-0.4, -0.2) is 30.8 Å². The van der Waals surface area contributed by atoms with E-state index >= 15 is 0 Å². The number of aromatic nitrogens is 1. The number of nitrogens with zero attached hydrogens (tertiary/aromatic N) is 1. The van der Waals surface area contributed by atoms with Gasteiger partial charge in [-0.25, -0.2) is 9.78 Å². The molecule has 0 N–H and O–H groups in total. The van der Waals surface area contributed by atoms with Gasteiger partial charge in [-0.3, -0.25) is 0 Å². The highest BCUT2D eigenvalue weighted by atomic mass is 16.6. The Labute approximate surface area is 188 Å². The van der Waals surface area contributed by atoms with E-state index in [9.17, 15) is 4.79 Å². The zero-order valence-electron chi connectivity index (χ0n) is 19.0. The Morgan fingerprint density at radius 1 is 1.03 bits per heavy atom. The molecule has 3 aromatic rings. The van der Waals surface area contributed by atoms with Gasteiger partial charge < -0.3 is 18.6 Å². The molecule has 0 radical (unpaired) electrons. The van der Waals surface area contributed by atoms with Crippen LogP contribution in [0.5, 0.6) is 5.75 Å². The molecule has 0 aliphatic rings. The number of oxazole rings is 1. The Morgan fingerprint density at radius 2 is 1.78 bits per heavy atom. The van der Waals surface area contributed by atoms with Crippen molar-refractivity contribution in [2.24, 2.45) is 0 Å². The first-order valence-corrected chi connectivity index (χ1v) is 10.8. The first-order valence-electron chi connectivity index (χ1n) is 10.8. The molecule has 0 fully saturated rings. The predicted molar refractivity (Wildman–Crippen MR) is 123 cm³/mol. The van der Waals surface area contributed by atoms with Gasteiger partial charge in [-0.05, 0) is 69.2 Å². The molecule has 6 nitrogen and oxygen atoms in total. The van der Waals surface area contributed by atoms with Crippen molar-refractivity contribution in [1.29, 1.82) is 0 Å². The number of hydrogen-bond acceptors (Lipinski definition) is 6. The second-order valence-corrected chi connectivity index (χ2v) is 7.17. The van der Waals surface area contributed by atoms with E-state index in [2.05, 4.69) is 4.98 Å². The lowest BCUT2D eigenvalue weighted by Crippen LogP contribution is -2.10. The van der Waals surface area contributed by atoms with Crippen molar-refractivity contribution in [3.05, 3.63) is 76.9 Å². The first-order chi connectivity index (χ1) is 15.5. The van der Waals surface area contributed by atoms with E-state index in [1.54, 1.807) is 13.0 Å². The highest BCUT2D eigenvalue weighted by molar-refractivity contribution is 5.91. The van der Waals surface area contributed by atoms with Crippen LogP contribution in [0.3, 0.4) is 0 Å². The molecule has 0 bridgehead atoms. The molecule has 0 saturated heterocycles. The Balaban J connectivity index is 1.63. The third-order valence-corrected chi connectivity index (χ3v) is 4.83. The first kappa shape index (κ1) is 23.1. The number of hydrogen-bond donors (Lipinski definition) is 0. The fourth-order valence-electron chi connectivity index (χ4n) is 3.19.